The molecule has 0 spiro atoms. The maximum Gasteiger partial charge on any atom is 0.0728 e. The maximum absolute atomic E-state index is 5.00. The summed E-state index contributed by atoms with van der Waals surface area (Å²) in [4.78, 5) is 5.00. The van der Waals surface area contributed by atoms with Crippen LogP contribution >= 0.6 is 0 Å². The molecule has 1 nitrogen and oxygen atoms in total. The number of nitrogens with zero attached hydrogens (tertiary/aromatic N) is 1. The highest BCUT2D eigenvalue weighted by molar-refractivity contribution is 6.10. The molecule has 3 aromatic rings. The van der Waals surface area contributed by atoms with E-state index >= 15 is 0 Å². The van der Waals surface area contributed by atoms with Gasteiger partial charge in [-0.1, -0.05) is 86.2 Å². The number of hydrogen-bond acceptors (Lipinski definition) is 1. The predicted molar refractivity (Wildman–Crippen MR) is 116 cm³/mol. The van der Waals surface area contributed by atoms with E-state index in [1.807, 2.05) is 19.9 Å². The highest BCUT2D eigenvalue weighted by atomic mass is 14.8. The molecule has 0 saturated heterocycles. The highest BCUT2D eigenvalue weighted by Gasteiger charge is 2.07. The molecule has 1 atom stereocenters. The summed E-state index contributed by atoms with van der Waals surface area (Å²) in [6, 6.07) is 25.6. The first-order chi connectivity index (χ1) is 12.6. The third-order valence-electron chi connectivity index (χ3n) is 4.09. The third-order valence-corrected chi connectivity index (χ3v) is 4.09. The molecule has 0 bridgehead atoms. The average molecular weight is 344 g/mol. The fourth-order valence-corrected chi connectivity index (χ4v) is 2.83. The van der Waals surface area contributed by atoms with Crippen LogP contribution in [-0.4, -0.2) is 5.71 Å². The van der Waals surface area contributed by atoms with Gasteiger partial charge in [-0.2, -0.15) is 0 Å². The number of aliphatic imine (C=N–C) groups is 1. The van der Waals surface area contributed by atoms with Crippen LogP contribution in [0.4, 0.5) is 0 Å². The Labute approximate surface area is 158 Å². The first-order valence-electron chi connectivity index (χ1n) is 9.40. The van der Waals surface area contributed by atoms with Gasteiger partial charge in [-0.15, -0.1) is 0 Å². The van der Waals surface area contributed by atoms with Gasteiger partial charge in [0, 0.05) is 5.56 Å². The summed E-state index contributed by atoms with van der Waals surface area (Å²) < 4.78 is 0. The standard InChI is InChI=1S/C23H23N.C2H6/c1-17(2)15-23(24-18(3)19-9-5-4-6-10-19)22-14-13-20-11-7-8-12-21(20)16-22;1-2/h4-16,18H,1-3H3;1-2H3. The Kier molecular flexibility index (Phi) is 7.35. The van der Waals surface area contributed by atoms with Crippen molar-refractivity contribution in [2.45, 2.75) is 40.7 Å². The van der Waals surface area contributed by atoms with Crippen molar-refractivity contribution in [2.75, 3.05) is 0 Å². The first kappa shape index (κ1) is 19.7. The van der Waals surface area contributed by atoms with Crippen molar-refractivity contribution in [3.8, 4) is 0 Å². The predicted octanol–water partition coefficient (Wildman–Crippen LogP) is 7.38. The van der Waals surface area contributed by atoms with Gasteiger partial charge in [0.25, 0.3) is 0 Å². The van der Waals surface area contributed by atoms with E-state index in [0.29, 0.717) is 0 Å². The Morgan fingerprint density at radius 2 is 1.42 bits per heavy atom. The quantitative estimate of drug-likeness (QED) is 0.438. The van der Waals surface area contributed by atoms with E-state index in [1.165, 1.54) is 21.9 Å². The largest absolute Gasteiger partial charge is 0.277 e. The van der Waals surface area contributed by atoms with Gasteiger partial charge < -0.3 is 0 Å². The first-order valence-corrected chi connectivity index (χ1v) is 9.40. The number of hydrogen-bond donors (Lipinski definition) is 0. The summed E-state index contributed by atoms with van der Waals surface area (Å²) in [5.74, 6) is 0. The minimum Gasteiger partial charge on any atom is -0.277 e. The van der Waals surface area contributed by atoms with Gasteiger partial charge in [0.15, 0.2) is 0 Å². The molecule has 0 radical (unpaired) electrons. The summed E-state index contributed by atoms with van der Waals surface area (Å²) in [5, 5.41) is 2.51. The molecule has 3 rings (SSSR count). The fraction of sp³-hybridized carbons (Fsp3) is 0.240. The van der Waals surface area contributed by atoms with Crippen molar-refractivity contribution in [1.29, 1.82) is 0 Å². The molecule has 1 heteroatoms. The highest BCUT2D eigenvalue weighted by Crippen LogP contribution is 2.21. The Morgan fingerprint density at radius 1 is 0.808 bits per heavy atom. The second kappa shape index (κ2) is 9.72. The number of fused-ring (bicyclic) bond motifs is 1. The molecule has 0 aromatic heterocycles. The Morgan fingerprint density at radius 3 is 2.08 bits per heavy atom. The van der Waals surface area contributed by atoms with Crippen molar-refractivity contribution < 1.29 is 0 Å². The normalized spacial score (nSPS) is 12.1. The van der Waals surface area contributed by atoms with Crippen LogP contribution in [0.25, 0.3) is 10.8 Å². The lowest BCUT2D eigenvalue weighted by Gasteiger charge is -2.11. The molecule has 0 heterocycles. The lowest BCUT2D eigenvalue weighted by Crippen LogP contribution is -2.01. The molecule has 0 aliphatic carbocycles. The van der Waals surface area contributed by atoms with E-state index in [2.05, 4.69) is 93.6 Å². The van der Waals surface area contributed by atoms with Gasteiger partial charge in [-0.25, -0.2) is 0 Å². The van der Waals surface area contributed by atoms with E-state index in [4.69, 9.17) is 4.99 Å². The number of rotatable bonds is 4. The monoisotopic (exact) mass is 343 g/mol. The zero-order chi connectivity index (χ0) is 18.9. The van der Waals surface area contributed by atoms with Crippen molar-refractivity contribution in [2.24, 2.45) is 4.99 Å². The van der Waals surface area contributed by atoms with Gasteiger partial charge >= 0.3 is 0 Å². The van der Waals surface area contributed by atoms with Gasteiger partial charge in [0.2, 0.25) is 0 Å². The van der Waals surface area contributed by atoms with Gasteiger partial charge in [-0.3, -0.25) is 4.99 Å². The van der Waals surface area contributed by atoms with Crippen molar-refractivity contribution in [3.05, 3.63) is 95.6 Å². The van der Waals surface area contributed by atoms with Crippen molar-refractivity contribution >= 4 is 16.5 Å². The number of allylic oxidation sites excluding steroid dienone is 2. The minimum atomic E-state index is 0.128. The summed E-state index contributed by atoms with van der Waals surface area (Å²) in [5.41, 5.74) is 4.69. The maximum atomic E-state index is 5.00. The van der Waals surface area contributed by atoms with Crippen LogP contribution in [0.15, 0.2) is 89.4 Å². The topological polar surface area (TPSA) is 12.4 Å². The van der Waals surface area contributed by atoms with E-state index in [1.54, 1.807) is 0 Å². The van der Waals surface area contributed by atoms with E-state index in [-0.39, 0.29) is 6.04 Å². The van der Waals surface area contributed by atoms with Crippen LogP contribution in [0.2, 0.25) is 0 Å². The number of benzene rings is 3. The summed E-state index contributed by atoms with van der Waals surface area (Å²) >= 11 is 0. The molecule has 0 N–H and O–H groups in total. The molecule has 26 heavy (non-hydrogen) atoms. The average Bonchev–Trinajstić information content (AvgIpc) is 2.69. The van der Waals surface area contributed by atoms with E-state index in [0.717, 1.165) is 11.3 Å². The molecule has 0 aliphatic heterocycles. The van der Waals surface area contributed by atoms with Crippen LogP contribution in [0.1, 0.15) is 51.8 Å². The Bertz CT molecular complexity index is 884. The van der Waals surface area contributed by atoms with E-state index in [9.17, 15) is 0 Å². The zero-order valence-corrected chi connectivity index (χ0v) is 16.5. The Hall–Kier alpha value is -2.67. The molecule has 3 aromatic carbocycles. The third kappa shape index (κ3) is 5.16. The van der Waals surface area contributed by atoms with Gasteiger partial charge in [0.05, 0.1) is 11.8 Å². The molecule has 1 unspecified atom stereocenters. The summed E-state index contributed by atoms with van der Waals surface area (Å²) in [7, 11) is 0. The van der Waals surface area contributed by atoms with Gasteiger partial charge in [0.1, 0.15) is 0 Å². The van der Waals surface area contributed by atoms with Gasteiger partial charge in [-0.05, 0) is 49.2 Å². The summed E-state index contributed by atoms with van der Waals surface area (Å²) in [6.45, 7) is 10.4. The van der Waals surface area contributed by atoms with Crippen LogP contribution in [0.3, 0.4) is 0 Å². The van der Waals surface area contributed by atoms with Crippen LogP contribution in [0, 0.1) is 0 Å². The zero-order valence-electron chi connectivity index (χ0n) is 16.5. The minimum absolute atomic E-state index is 0.128. The van der Waals surface area contributed by atoms with Crippen LogP contribution in [-0.2, 0) is 0 Å². The summed E-state index contributed by atoms with van der Waals surface area (Å²) in [6.07, 6.45) is 2.17. The molecule has 134 valence electrons. The van der Waals surface area contributed by atoms with Crippen molar-refractivity contribution in [3.63, 3.8) is 0 Å². The lowest BCUT2D eigenvalue weighted by atomic mass is 10.0. The van der Waals surface area contributed by atoms with E-state index < -0.39 is 0 Å². The fourth-order valence-electron chi connectivity index (χ4n) is 2.83. The molecule has 0 aliphatic rings. The smallest absolute Gasteiger partial charge is 0.0728 e. The molecular weight excluding hydrogens is 314 g/mol. The molecule has 0 amide bonds. The second-order valence-electron chi connectivity index (χ2n) is 6.38. The molecule has 0 saturated carbocycles. The van der Waals surface area contributed by atoms with Crippen LogP contribution in [0.5, 0.6) is 0 Å². The molecular formula is C25H29N. The SMILES string of the molecule is CC.CC(C)=CC(=NC(C)c1ccccc1)c1ccc2ccccc2c1. The van der Waals surface area contributed by atoms with Crippen LogP contribution < -0.4 is 0 Å². The Balaban J connectivity index is 0.00000117. The lowest BCUT2D eigenvalue weighted by molar-refractivity contribution is 0.821. The van der Waals surface area contributed by atoms with Crippen molar-refractivity contribution in [1.82, 2.24) is 0 Å². The second-order valence-corrected chi connectivity index (χ2v) is 6.38. The molecule has 0 fully saturated rings.